The molecule has 9 heteroatoms. The molecular formula is C17H16Cl2N2O4S. The van der Waals surface area contributed by atoms with Crippen LogP contribution >= 0.6 is 34.5 Å². The Balaban J connectivity index is 2.49. The number of methoxy groups -OCH3 is 1. The predicted molar refractivity (Wildman–Crippen MR) is 103 cm³/mol. The Kier molecular flexibility index (Phi) is 6.28. The molecule has 0 atom stereocenters. The second kappa shape index (κ2) is 8.07. The Morgan fingerprint density at radius 2 is 1.85 bits per heavy atom. The summed E-state index contributed by atoms with van der Waals surface area (Å²) in [7, 11) is 4.43. The number of hydrogen-bond acceptors (Lipinski definition) is 5. The van der Waals surface area contributed by atoms with Gasteiger partial charge in [0.05, 0.1) is 28.1 Å². The minimum Gasteiger partial charge on any atom is -0.465 e. The van der Waals surface area contributed by atoms with Crippen molar-refractivity contribution in [2.75, 3.05) is 26.5 Å². The van der Waals surface area contributed by atoms with Gasteiger partial charge in [-0.1, -0.05) is 23.2 Å². The van der Waals surface area contributed by atoms with Crippen LogP contribution in [0.15, 0.2) is 18.2 Å². The van der Waals surface area contributed by atoms with E-state index in [4.69, 9.17) is 27.9 Å². The number of carbonyl (C=O) groups excluding carboxylic acids is 3. The molecule has 0 aliphatic heterocycles. The van der Waals surface area contributed by atoms with Crippen LogP contribution in [-0.4, -0.2) is 43.9 Å². The molecule has 2 rings (SSSR count). The molecule has 2 aromatic rings. The second-order valence-corrected chi connectivity index (χ2v) is 7.39. The summed E-state index contributed by atoms with van der Waals surface area (Å²) in [6.45, 7) is 1.63. The van der Waals surface area contributed by atoms with Crippen molar-refractivity contribution >= 4 is 57.3 Å². The summed E-state index contributed by atoms with van der Waals surface area (Å²) in [4.78, 5) is 38.8. The predicted octanol–water partition coefficient (Wildman–Crippen LogP) is 4.10. The van der Waals surface area contributed by atoms with Gasteiger partial charge in [0.2, 0.25) is 0 Å². The molecule has 0 unspecified atom stereocenters. The number of hydrogen-bond donors (Lipinski definition) is 1. The number of carbonyl (C=O) groups is 3. The summed E-state index contributed by atoms with van der Waals surface area (Å²) in [6, 6.07) is 4.48. The van der Waals surface area contributed by atoms with E-state index in [0.717, 1.165) is 11.3 Å². The van der Waals surface area contributed by atoms with E-state index >= 15 is 0 Å². The molecule has 0 radical (unpaired) electrons. The molecule has 1 N–H and O–H groups in total. The molecule has 0 saturated carbocycles. The SMILES string of the molecule is COC(=O)c1c(NC(=O)c2cc(Cl)ccc2Cl)sc(C(=O)N(C)C)c1C. The highest BCUT2D eigenvalue weighted by Gasteiger charge is 2.27. The van der Waals surface area contributed by atoms with Gasteiger partial charge in [-0.3, -0.25) is 9.59 Å². The lowest BCUT2D eigenvalue weighted by molar-refractivity contribution is 0.0601. The topological polar surface area (TPSA) is 75.7 Å². The quantitative estimate of drug-likeness (QED) is 0.763. The lowest BCUT2D eigenvalue weighted by Gasteiger charge is -2.08. The average molecular weight is 415 g/mol. The van der Waals surface area contributed by atoms with E-state index in [-0.39, 0.29) is 27.1 Å². The first kappa shape index (κ1) is 20.2. The molecule has 0 aliphatic rings. The standard InChI is InChI=1S/C17H16Cl2N2O4S/c1-8-12(17(24)25-4)15(26-13(8)16(23)21(2)3)20-14(22)10-7-9(18)5-6-11(10)19/h5-7H,1-4H3,(H,20,22). The lowest BCUT2D eigenvalue weighted by Crippen LogP contribution is -2.21. The fraction of sp³-hybridized carbons (Fsp3) is 0.235. The van der Waals surface area contributed by atoms with Crippen LogP contribution in [0.25, 0.3) is 0 Å². The van der Waals surface area contributed by atoms with Gasteiger partial charge in [-0.15, -0.1) is 11.3 Å². The molecule has 6 nitrogen and oxygen atoms in total. The number of thiophene rings is 1. The average Bonchev–Trinajstić information content (AvgIpc) is 2.91. The van der Waals surface area contributed by atoms with E-state index in [1.807, 2.05) is 0 Å². The van der Waals surface area contributed by atoms with Gasteiger partial charge in [-0.05, 0) is 30.7 Å². The summed E-state index contributed by atoms with van der Waals surface area (Å²) < 4.78 is 4.79. The van der Waals surface area contributed by atoms with E-state index in [2.05, 4.69) is 5.32 Å². The fourth-order valence-corrected chi connectivity index (χ4v) is 3.79. The summed E-state index contributed by atoms with van der Waals surface area (Å²) in [5, 5.41) is 3.40. The molecule has 0 spiro atoms. The maximum absolute atomic E-state index is 12.6. The Hall–Kier alpha value is -2.09. The van der Waals surface area contributed by atoms with Crippen molar-refractivity contribution in [1.29, 1.82) is 0 Å². The van der Waals surface area contributed by atoms with Crippen LogP contribution in [0.1, 0.15) is 36.0 Å². The highest BCUT2D eigenvalue weighted by atomic mass is 35.5. The van der Waals surface area contributed by atoms with Crippen molar-refractivity contribution in [1.82, 2.24) is 4.90 Å². The monoisotopic (exact) mass is 414 g/mol. The zero-order chi connectivity index (χ0) is 19.6. The smallest absolute Gasteiger partial charge is 0.341 e. The van der Waals surface area contributed by atoms with Gasteiger partial charge in [0.25, 0.3) is 11.8 Å². The zero-order valence-corrected chi connectivity index (χ0v) is 16.8. The van der Waals surface area contributed by atoms with Gasteiger partial charge >= 0.3 is 5.97 Å². The molecule has 138 valence electrons. The molecule has 1 aromatic heterocycles. The zero-order valence-electron chi connectivity index (χ0n) is 14.5. The first-order valence-electron chi connectivity index (χ1n) is 7.37. The van der Waals surface area contributed by atoms with Crippen molar-refractivity contribution in [2.45, 2.75) is 6.92 Å². The van der Waals surface area contributed by atoms with E-state index in [0.29, 0.717) is 15.5 Å². The van der Waals surface area contributed by atoms with Gasteiger partial charge in [0.15, 0.2) is 0 Å². The van der Waals surface area contributed by atoms with Crippen LogP contribution < -0.4 is 5.32 Å². The number of ether oxygens (including phenoxy) is 1. The van der Waals surface area contributed by atoms with Crippen molar-refractivity contribution in [3.05, 3.63) is 49.8 Å². The number of halogens is 2. The first-order chi connectivity index (χ1) is 12.2. The highest BCUT2D eigenvalue weighted by Crippen LogP contribution is 2.35. The Labute approximate surface area is 164 Å². The third-order valence-electron chi connectivity index (χ3n) is 3.54. The van der Waals surface area contributed by atoms with E-state index in [9.17, 15) is 14.4 Å². The molecule has 26 heavy (non-hydrogen) atoms. The Morgan fingerprint density at radius 3 is 2.42 bits per heavy atom. The largest absolute Gasteiger partial charge is 0.465 e. The molecular weight excluding hydrogens is 399 g/mol. The van der Waals surface area contributed by atoms with Crippen LogP contribution in [0.5, 0.6) is 0 Å². The maximum atomic E-state index is 12.6. The van der Waals surface area contributed by atoms with Gasteiger partial charge in [-0.2, -0.15) is 0 Å². The number of anilines is 1. The number of benzene rings is 1. The van der Waals surface area contributed by atoms with Gasteiger partial charge < -0.3 is 15.0 Å². The number of esters is 1. The number of amides is 2. The minimum atomic E-state index is -0.649. The lowest BCUT2D eigenvalue weighted by atomic mass is 10.1. The van der Waals surface area contributed by atoms with Crippen LogP contribution in [-0.2, 0) is 4.74 Å². The fourth-order valence-electron chi connectivity index (χ4n) is 2.20. The van der Waals surface area contributed by atoms with E-state index < -0.39 is 11.9 Å². The molecule has 1 heterocycles. The Morgan fingerprint density at radius 1 is 1.19 bits per heavy atom. The molecule has 0 saturated heterocycles. The molecule has 2 amide bonds. The number of nitrogens with zero attached hydrogens (tertiary/aromatic N) is 1. The minimum absolute atomic E-state index is 0.134. The Bertz CT molecular complexity index is 893. The van der Waals surface area contributed by atoms with Crippen LogP contribution in [0, 0.1) is 6.92 Å². The van der Waals surface area contributed by atoms with Gasteiger partial charge in [-0.25, -0.2) is 4.79 Å². The third kappa shape index (κ3) is 4.00. The van der Waals surface area contributed by atoms with Crippen molar-refractivity contribution in [3.8, 4) is 0 Å². The summed E-state index contributed by atoms with van der Waals surface area (Å²) in [6.07, 6.45) is 0. The van der Waals surface area contributed by atoms with Crippen LogP contribution in [0.3, 0.4) is 0 Å². The highest BCUT2D eigenvalue weighted by molar-refractivity contribution is 7.18. The summed E-state index contributed by atoms with van der Waals surface area (Å²) in [5.41, 5.74) is 0.726. The van der Waals surface area contributed by atoms with Crippen molar-refractivity contribution < 1.29 is 19.1 Å². The molecule has 1 aromatic carbocycles. The van der Waals surface area contributed by atoms with Crippen LogP contribution in [0.4, 0.5) is 5.00 Å². The van der Waals surface area contributed by atoms with Gasteiger partial charge in [0.1, 0.15) is 5.00 Å². The van der Waals surface area contributed by atoms with E-state index in [1.165, 1.54) is 24.1 Å². The van der Waals surface area contributed by atoms with Crippen molar-refractivity contribution in [2.24, 2.45) is 0 Å². The summed E-state index contributed by atoms with van der Waals surface area (Å²) in [5.74, 6) is -1.48. The summed E-state index contributed by atoms with van der Waals surface area (Å²) >= 11 is 13.0. The number of nitrogens with one attached hydrogen (secondary N) is 1. The second-order valence-electron chi connectivity index (χ2n) is 5.53. The maximum Gasteiger partial charge on any atom is 0.341 e. The normalized spacial score (nSPS) is 10.4. The van der Waals surface area contributed by atoms with E-state index in [1.54, 1.807) is 27.1 Å². The molecule has 0 aliphatic carbocycles. The first-order valence-corrected chi connectivity index (χ1v) is 8.94. The molecule has 0 bridgehead atoms. The third-order valence-corrected chi connectivity index (χ3v) is 5.30. The van der Waals surface area contributed by atoms with Crippen molar-refractivity contribution in [3.63, 3.8) is 0 Å². The molecule has 0 fully saturated rings. The van der Waals surface area contributed by atoms with Crippen LogP contribution in [0.2, 0.25) is 10.0 Å². The number of rotatable bonds is 4. The van der Waals surface area contributed by atoms with Gasteiger partial charge in [0, 0.05) is 19.1 Å².